The van der Waals surface area contributed by atoms with E-state index < -0.39 is 24.3 Å². The zero-order valence-electron chi connectivity index (χ0n) is 16.0. The second-order valence-electron chi connectivity index (χ2n) is 8.67. The van der Waals surface area contributed by atoms with Gasteiger partial charge in [0.25, 0.3) is 0 Å². The summed E-state index contributed by atoms with van der Waals surface area (Å²) in [6.07, 6.45) is 0.794. The van der Waals surface area contributed by atoms with Crippen molar-refractivity contribution in [1.82, 2.24) is 9.88 Å². The molecule has 160 valence electrons. The summed E-state index contributed by atoms with van der Waals surface area (Å²) < 4.78 is 0.967. The van der Waals surface area contributed by atoms with Crippen LogP contribution in [0.2, 0.25) is 0 Å². The van der Waals surface area contributed by atoms with Crippen LogP contribution in [0.4, 0.5) is 0 Å². The Morgan fingerprint density at radius 2 is 1.81 bits per heavy atom. The van der Waals surface area contributed by atoms with Crippen molar-refractivity contribution in [3.8, 4) is 0 Å². The number of benzene rings is 1. The highest BCUT2D eigenvalue weighted by molar-refractivity contribution is 9.10. The quantitative estimate of drug-likeness (QED) is 0.602. The fraction of sp³-hybridized carbons (Fsp3) is 0.429. The number of aromatic amines is 1. The number of nitrogens with zero attached hydrogens (tertiary/aromatic N) is 1. The number of halogens is 1. The second-order valence-corrected chi connectivity index (χ2v) is 11.8. The van der Waals surface area contributed by atoms with Gasteiger partial charge in [-0.25, -0.2) is 0 Å². The van der Waals surface area contributed by atoms with Crippen molar-refractivity contribution < 1.29 is 19.5 Å². The average Bonchev–Trinajstić information content (AvgIpc) is 3.44. The zero-order chi connectivity index (χ0) is 21.6. The number of H-pyrrole nitrogens is 1. The van der Waals surface area contributed by atoms with Crippen LogP contribution < -0.4 is 4.87 Å². The number of likely N-dealkylation sites (tertiary alicyclic amines) is 1. The second kappa shape index (κ2) is 6.79. The van der Waals surface area contributed by atoms with Crippen molar-refractivity contribution in [2.24, 2.45) is 29.6 Å². The first-order chi connectivity index (χ1) is 14.8. The number of hydrogen-bond acceptors (Lipinski definition) is 6. The summed E-state index contributed by atoms with van der Waals surface area (Å²) in [6, 6.07) is 8.07. The molecule has 3 heterocycles. The summed E-state index contributed by atoms with van der Waals surface area (Å²) in [5.74, 6) is -2.63. The Morgan fingerprint density at radius 3 is 2.48 bits per heavy atom. The molecule has 1 aromatic carbocycles. The van der Waals surface area contributed by atoms with Gasteiger partial charge >= 0.3 is 10.8 Å². The molecule has 6 rings (SSSR count). The third kappa shape index (κ3) is 2.70. The summed E-state index contributed by atoms with van der Waals surface area (Å²) in [4.78, 5) is 54.4. The molecule has 31 heavy (non-hydrogen) atoms. The Morgan fingerprint density at radius 1 is 1.13 bits per heavy atom. The summed E-state index contributed by atoms with van der Waals surface area (Å²) in [6.45, 7) is -0.566. The fourth-order valence-corrected chi connectivity index (χ4v) is 9.57. The van der Waals surface area contributed by atoms with E-state index in [0.717, 1.165) is 31.3 Å². The van der Waals surface area contributed by atoms with E-state index in [0.29, 0.717) is 0 Å². The number of hydrogen-bond donors (Lipinski definition) is 2. The largest absolute Gasteiger partial charge is 0.480 e. The topological polar surface area (TPSA) is 108 Å². The number of carboxylic acid groups (broad SMARTS) is 1. The zero-order valence-corrected chi connectivity index (χ0v) is 19.2. The molecule has 10 heteroatoms. The lowest BCUT2D eigenvalue weighted by atomic mass is 9.68. The number of thioether (sulfide) groups is 1. The van der Waals surface area contributed by atoms with E-state index in [1.807, 2.05) is 12.1 Å². The predicted molar refractivity (Wildman–Crippen MR) is 117 cm³/mol. The molecule has 1 saturated heterocycles. The highest BCUT2D eigenvalue weighted by atomic mass is 79.9. The number of amides is 2. The maximum absolute atomic E-state index is 13.1. The van der Waals surface area contributed by atoms with E-state index in [-0.39, 0.29) is 45.6 Å². The number of thiazole rings is 1. The van der Waals surface area contributed by atoms with Crippen molar-refractivity contribution in [1.29, 1.82) is 0 Å². The van der Waals surface area contributed by atoms with Gasteiger partial charge in [-0.3, -0.25) is 24.1 Å². The number of rotatable bonds is 3. The monoisotopic (exact) mass is 520 g/mol. The van der Waals surface area contributed by atoms with E-state index in [4.69, 9.17) is 5.11 Å². The van der Waals surface area contributed by atoms with E-state index >= 15 is 0 Å². The Bertz CT molecular complexity index is 1190. The molecule has 7 atom stereocenters. The minimum absolute atomic E-state index is 0.00161. The van der Waals surface area contributed by atoms with Crippen molar-refractivity contribution in [3.63, 3.8) is 0 Å². The van der Waals surface area contributed by atoms with Crippen molar-refractivity contribution in [2.45, 2.75) is 22.6 Å². The van der Waals surface area contributed by atoms with Gasteiger partial charge in [-0.1, -0.05) is 39.4 Å². The van der Waals surface area contributed by atoms with Gasteiger partial charge in [0.1, 0.15) is 6.54 Å². The lowest BCUT2D eigenvalue weighted by Crippen LogP contribution is -2.42. The minimum atomic E-state index is -1.17. The van der Waals surface area contributed by atoms with Gasteiger partial charge in [0.2, 0.25) is 11.8 Å². The fourth-order valence-electron chi connectivity index (χ4n) is 6.41. The number of carbonyl (C=O) groups is 3. The van der Waals surface area contributed by atoms with Crippen molar-refractivity contribution in [3.05, 3.63) is 48.8 Å². The van der Waals surface area contributed by atoms with Gasteiger partial charge in [0, 0.05) is 20.5 Å². The number of carbonyl (C=O) groups excluding carboxylic acids is 2. The summed E-state index contributed by atoms with van der Waals surface area (Å²) in [5.41, 5.74) is 1.10. The lowest BCUT2D eigenvalue weighted by Gasteiger charge is -2.43. The smallest absolute Gasteiger partial charge is 0.323 e. The molecule has 2 saturated carbocycles. The number of nitrogens with one attached hydrogen (secondary N) is 1. The first kappa shape index (κ1) is 19.8. The van der Waals surface area contributed by atoms with Gasteiger partial charge in [-0.15, -0.1) is 11.8 Å². The van der Waals surface area contributed by atoms with Crippen LogP contribution in [0.5, 0.6) is 0 Å². The molecular weight excluding hydrogens is 504 g/mol. The van der Waals surface area contributed by atoms with Crippen LogP contribution >= 0.6 is 39.0 Å². The molecule has 0 radical (unpaired) electrons. The highest BCUT2D eigenvalue weighted by Crippen LogP contribution is 2.68. The first-order valence-electron chi connectivity index (χ1n) is 10.1. The molecule has 2 aliphatic heterocycles. The first-order valence-corrected chi connectivity index (χ1v) is 12.6. The molecule has 2 amide bonds. The van der Waals surface area contributed by atoms with Gasteiger partial charge in [0.05, 0.1) is 16.9 Å². The molecule has 4 aliphatic rings. The van der Waals surface area contributed by atoms with Gasteiger partial charge in [-0.05, 0) is 41.9 Å². The third-order valence-electron chi connectivity index (χ3n) is 7.34. The molecule has 2 N–H and O–H groups in total. The van der Waals surface area contributed by atoms with Crippen molar-refractivity contribution in [2.75, 3.05) is 6.54 Å². The van der Waals surface area contributed by atoms with Crippen LogP contribution in [0.15, 0.2) is 38.6 Å². The summed E-state index contributed by atoms with van der Waals surface area (Å²) in [7, 11) is 0. The standard InChI is InChI=1S/C21H17BrN2O5S2/c22-8-3-1-7(2-4-8)12-13-9-5-10(16(13)30-18-17(12)31-21(29)23-18)15-14(9)19(27)24(20(15)28)6-11(25)26/h1-4,9-10,12-16H,5-6H2,(H,23,29)(H,25,26)/t9-,10-,12-,13-,14+,15-,16+/m1/s1. The Kier molecular flexibility index (Phi) is 4.33. The molecule has 3 fully saturated rings. The molecule has 2 bridgehead atoms. The predicted octanol–water partition coefficient (Wildman–Crippen LogP) is 2.76. The van der Waals surface area contributed by atoms with Crippen LogP contribution in [0.1, 0.15) is 22.8 Å². The van der Waals surface area contributed by atoms with E-state index in [9.17, 15) is 19.2 Å². The van der Waals surface area contributed by atoms with Crippen LogP contribution in [-0.2, 0) is 14.4 Å². The molecule has 0 spiro atoms. The van der Waals surface area contributed by atoms with E-state index in [2.05, 4.69) is 33.0 Å². The number of aliphatic carboxylic acids is 1. The van der Waals surface area contributed by atoms with Crippen LogP contribution in [-0.4, -0.2) is 44.6 Å². The Hall–Kier alpha value is -1.91. The van der Waals surface area contributed by atoms with Crippen LogP contribution in [0, 0.1) is 29.6 Å². The number of carboxylic acids is 1. The van der Waals surface area contributed by atoms with E-state index in [1.54, 1.807) is 11.8 Å². The molecule has 0 unspecified atom stereocenters. The van der Waals surface area contributed by atoms with Gasteiger partial charge in [-0.2, -0.15) is 0 Å². The highest BCUT2D eigenvalue weighted by Gasteiger charge is 2.69. The van der Waals surface area contributed by atoms with Gasteiger partial charge in [0.15, 0.2) is 0 Å². The number of aromatic nitrogens is 1. The lowest BCUT2D eigenvalue weighted by molar-refractivity contribution is -0.149. The van der Waals surface area contributed by atoms with Crippen molar-refractivity contribution >= 4 is 56.8 Å². The normalized spacial score (nSPS) is 35.3. The number of fused-ring (bicyclic) bond motifs is 9. The van der Waals surface area contributed by atoms with Crippen LogP contribution in [0.25, 0.3) is 0 Å². The summed E-state index contributed by atoms with van der Waals surface area (Å²) in [5, 5.41) is 10.1. The molecule has 2 aliphatic carbocycles. The Labute approximate surface area is 193 Å². The van der Waals surface area contributed by atoms with Gasteiger partial charge < -0.3 is 10.1 Å². The number of imide groups is 1. The maximum Gasteiger partial charge on any atom is 0.323 e. The summed E-state index contributed by atoms with van der Waals surface area (Å²) >= 11 is 6.33. The molecular formula is C21H17BrN2O5S2. The molecule has 1 aromatic heterocycles. The SMILES string of the molecule is O=C(O)CN1C(=O)[C@@H]2[C@H]3C[C@@H]([C@@H]2C1=O)[C@@H]1[C@@H](c2ccc(Br)cc2)c2sc(=O)[nH]c2S[C@@H]31. The average molecular weight is 521 g/mol. The minimum Gasteiger partial charge on any atom is -0.480 e. The Balaban J connectivity index is 1.45. The maximum atomic E-state index is 13.1. The van der Waals surface area contributed by atoms with E-state index in [1.165, 1.54) is 11.3 Å². The van der Waals surface area contributed by atoms with Crippen LogP contribution in [0.3, 0.4) is 0 Å². The molecule has 2 aromatic rings. The third-order valence-corrected chi connectivity index (χ3v) is 10.5. The molecule has 7 nitrogen and oxygen atoms in total.